The molecule has 184 valence electrons. The van der Waals surface area contributed by atoms with Crippen LogP contribution in [0.4, 0.5) is 5.69 Å². The largest absolute Gasteiger partial charge is 0.480 e. The molecule has 0 spiro atoms. The standard InChI is InChI=1S/C27H25N3O6/c31-23(12-11-22(27(35)36)30-25(33)13-14-26(30)34)28-16-15-24(32)29-17-20-7-2-1-5-18(20)9-10-19-6-3-4-8-21(19)29/h1-8,22H,11-17H2,(H,28,31)(H,35,36). The fourth-order valence-corrected chi connectivity index (χ4v) is 4.31. The molecule has 36 heavy (non-hydrogen) atoms. The summed E-state index contributed by atoms with van der Waals surface area (Å²) in [5, 5.41) is 12.1. The number of nitrogens with one attached hydrogen (secondary N) is 1. The van der Waals surface area contributed by atoms with Crippen molar-refractivity contribution < 1.29 is 29.1 Å². The van der Waals surface area contributed by atoms with E-state index in [0.29, 0.717) is 12.2 Å². The van der Waals surface area contributed by atoms with Gasteiger partial charge in [0.2, 0.25) is 23.6 Å². The number of anilines is 1. The van der Waals surface area contributed by atoms with E-state index in [4.69, 9.17) is 0 Å². The zero-order chi connectivity index (χ0) is 25.7. The maximum atomic E-state index is 13.2. The summed E-state index contributed by atoms with van der Waals surface area (Å²) in [6.07, 6.45) is -0.403. The summed E-state index contributed by atoms with van der Waals surface area (Å²) in [5.74, 6) is 3.22. The summed E-state index contributed by atoms with van der Waals surface area (Å²) in [6, 6.07) is 13.6. The number of nitrogens with zero attached hydrogens (tertiary/aromatic N) is 2. The van der Waals surface area contributed by atoms with E-state index in [1.165, 1.54) is 0 Å². The summed E-state index contributed by atoms with van der Waals surface area (Å²) in [4.78, 5) is 63.2. The first-order valence-corrected chi connectivity index (χ1v) is 11.7. The van der Waals surface area contributed by atoms with Gasteiger partial charge in [0.05, 0.1) is 12.2 Å². The monoisotopic (exact) mass is 487 g/mol. The average Bonchev–Trinajstić information content (AvgIpc) is 3.18. The number of para-hydroxylation sites is 1. The number of carboxylic acid groups (broad SMARTS) is 1. The van der Waals surface area contributed by atoms with Crippen molar-refractivity contribution in [2.45, 2.75) is 44.7 Å². The maximum absolute atomic E-state index is 13.2. The van der Waals surface area contributed by atoms with Gasteiger partial charge in [-0.3, -0.25) is 24.1 Å². The molecule has 4 rings (SSSR count). The van der Waals surface area contributed by atoms with Gasteiger partial charge in [-0.25, -0.2) is 4.79 Å². The Morgan fingerprint density at radius 1 is 0.917 bits per heavy atom. The van der Waals surface area contributed by atoms with Crippen LogP contribution in [0, 0.1) is 11.8 Å². The number of carbonyl (C=O) groups is 5. The molecular weight excluding hydrogens is 462 g/mol. The van der Waals surface area contributed by atoms with Gasteiger partial charge < -0.3 is 15.3 Å². The first kappa shape index (κ1) is 24.7. The molecule has 9 heteroatoms. The maximum Gasteiger partial charge on any atom is 0.326 e. The fourth-order valence-electron chi connectivity index (χ4n) is 4.31. The van der Waals surface area contributed by atoms with Gasteiger partial charge in [-0.1, -0.05) is 42.2 Å². The van der Waals surface area contributed by atoms with E-state index in [1.807, 2.05) is 48.5 Å². The van der Waals surface area contributed by atoms with Crippen LogP contribution < -0.4 is 10.2 Å². The number of amides is 4. The molecule has 0 aliphatic carbocycles. The van der Waals surface area contributed by atoms with Gasteiger partial charge in [-0.2, -0.15) is 0 Å². The van der Waals surface area contributed by atoms with E-state index in [-0.39, 0.29) is 44.6 Å². The molecule has 2 N–H and O–H groups in total. The second kappa shape index (κ2) is 10.9. The summed E-state index contributed by atoms with van der Waals surface area (Å²) >= 11 is 0. The molecule has 4 amide bonds. The Morgan fingerprint density at radius 2 is 1.56 bits per heavy atom. The van der Waals surface area contributed by atoms with Crippen molar-refractivity contribution in [3.8, 4) is 11.8 Å². The minimum Gasteiger partial charge on any atom is -0.480 e. The second-order valence-corrected chi connectivity index (χ2v) is 8.55. The normalized spacial score (nSPS) is 15.1. The SMILES string of the molecule is O=C(CCC(C(=O)O)N1C(=O)CCC1=O)NCCC(=O)N1Cc2ccccc2C#Cc2ccccc21. The molecule has 0 radical (unpaired) electrons. The first-order chi connectivity index (χ1) is 17.3. The summed E-state index contributed by atoms with van der Waals surface area (Å²) < 4.78 is 0. The topological polar surface area (TPSA) is 124 Å². The van der Waals surface area contributed by atoms with Crippen LogP contribution in [0.2, 0.25) is 0 Å². The molecule has 2 aliphatic rings. The van der Waals surface area contributed by atoms with Gasteiger partial charge in [0, 0.05) is 43.4 Å². The number of carbonyl (C=O) groups excluding carboxylic acids is 4. The zero-order valence-electron chi connectivity index (χ0n) is 19.5. The molecule has 2 aromatic carbocycles. The molecule has 1 saturated heterocycles. The van der Waals surface area contributed by atoms with Gasteiger partial charge in [0.15, 0.2) is 0 Å². The highest BCUT2D eigenvalue weighted by molar-refractivity contribution is 6.05. The molecule has 2 aliphatic heterocycles. The Hall–Kier alpha value is -4.45. The average molecular weight is 488 g/mol. The minimum absolute atomic E-state index is 0.0212. The van der Waals surface area contributed by atoms with Crippen molar-refractivity contribution in [2.24, 2.45) is 0 Å². The number of hydrogen-bond donors (Lipinski definition) is 2. The van der Waals surface area contributed by atoms with Crippen molar-refractivity contribution in [1.29, 1.82) is 0 Å². The Labute approximate surface area is 208 Å². The van der Waals surface area contributed by atoms with Crippen LogP contribution in [0.5, 0.6) is 0 Å². The van der Waals surface area contributed by atoms with E-state index in [2.05, 4.69) is 17.2 Å². The smallest absolute Gasteiger partial charge is 0.326 e. The van der Waals surface area contributed by atoms with E-state index in [1.54, 1.807) is 4.90 Å². The number of rotatable bonds is 8. The minimum atomic E-state index is -1.38. The van der Waals surface area contributed by atoms with Crippen molar-refractivity contribution in [3.05, 3.63) is 65.2 Å². The number of carboxylic acids is 1. The zero-order valence-corrected chi connectivity index (χ0v) is 19.5. The van der Waals surface area contributed by atoms with Gasteiger partial charge in [-0.05, 0) is 30.2 Å². The lowest BCUT2D eigenvalue weighted by Gasteiger charge is -2.26. The predicted octanol–water partition coefficient (Wildman–Crippen LogP) is 1.82. The number of aliphatic carboxylic acids is 1. The van der Waals surface area contributed by atoms with Gasteiger partial charge in [-0.15, -0.1) is 0 Å². The van der Waals surface area contributed by atoms with Crippen LogP contribution in [0.15, 0.2) is 48.5 Å². The second-order valence-electron chi connectivity index (χ2n) is 8.55. The van der Waals surface area contributed by atoms with Gasteiger partial charge >= 0.3 is 5.97 Å². The lowest BCUT2D eigenvalue weighted by Crippen LogP contribution is -2.45. The van der Waals surface area contributed by atoms with Crippen molar-refractivity contribution in [1.82, 2.24) is 10.2 Å². The van der Waals surface area contributed by atoms with Crippen LogP contribution >= 0.6 is 0 Å². The Bertz CT molecular complexity index is 1280. The highest BCUT2D eigenvalue weighted by atomic mass is 16.4. The predicted molar refractivity (Wildman–Crippen MR) is 129 cm³/mol. The molecule has 2 heterocycles. The molecular formula is C27H25N3O6. The fraction of sp³-hybridized carbons (Fsp3) is 0.296. The van der Waals surface area contributed by atoms with Crippen LogP contribution in [0.3, 0.4) is 0 Å². The van der Waals surface area contributed by atoms with Gasteiger partial charge in [0.1, 0.15) is 6.04 Å². The number of fused-ring (bicyclic) bond motifs is 2. The molecule has 0 saturated carbocycles. The molecule has 1 atom stereocenters. The summed E-state index contributed by atoms with van der Waals surface area (Å²) in [7, 11) is 0. The van der Waals surface area contributed by atoms with Gasteiger partial charge in [0.25, 0.3) is 0 Å². The van der Waals surface area contributed by atoms with E-state index >= 15 is 0 Å². The third-order valence-electron chi connectivity index (χ3n) is 6.17. The van der Waals surface area contributed by atoms with E-state index in [0.717, 1.165) is 21.6 Å². The van der Waals surface area contributed by atoms with Crippen molar-refractivity contribution >= 4 is 35.3 Å². The summed E-state index contributed by atoms with van der Waals surface area (Å²) in [6.45, 7) is 0.399. The number of benzene rings is 2. The van der Waals surface area contributed by atoms with Crippen LogP contribution in [0.1, 0.15) is 48.8 Å². The third kappa shape index (κ3) is 5.44. The molecule has 1 unspecified atom stereocenters. The highest BCUT2D eigenvalue weighted by Crippen LogP contribution is 2.26. The van der Waals surface area contributed by atoms with Crippen LogP contribution in [0.25, 0.3) is 0 Å². The molecule has 2 aromatic rings. The third-order valence-corrected chi connectivity index (χ3v) is 6.17. The quantitative estimate of drug-likeness (QED) is 0.432. The number of imide groups is 1. The summed E-state index contributed by atoms with van der Waals surface area (Å²) in [5.41, 5.74) is 3.19. The lowest BCUT2D eigenvalue weighted by atomic mass is 10.0. The highest BCUT2D eigenvalue weighted by Gasteiger charge is 2.38. The molecule has 1 fully saturated rings. The number of likely N-dealkylation sites (tertiary alicyclic amines) is 1. The number of hydrogen-bond acceptors (Lipinski definition) is 5. The molecule has 0 aromatic heterocycles. The van der Waals surface area contributed by atoms with E-state index < -0.39 is 29.7 Å². The molecule has 9 nitrogen and oxygen atoms in total. The van der Waals surface area contributed by atoms with Crippen molar-refractivity contribution in [2.75, 3.05) is 11.4 Å². The molecule has 0 bridgehead atoms. The Balaban J connectivity index is 1.36. The van der Waals surface area contributed by atoms with Crippen LogP contribution in [-0.4, -0.2) is 52.2 Å². The van der Waals surface area contributed by atoms with Crippen LogP contribution in [-0.2, 0) is 30.5 Å². The van der Waals surface area contributed by atoms with Crippen molar-refractivity contribution in [3.63, 3.8) is 0 Å². The first-order valence-electron chi connectivity index (χ1n) is 11.7. The lowest BCUT2D eigenvalue weighted by molar-refractivity contribution is -0.154. The van der Waals surface area contributed by atoms with E-state index in [9.17, 15) is 29.1 Å². The Morgan fingerprint density at radius 3 is 2.28 bits per heavy atom. The Kier molecular flexibility index (Phi) is 7.44.